The highest BCUT2D eigenvalue weighted by molar-refractivity contribution is 6.14. The van der Waals surface area contributed by atoms with Crippen molar-refractivity contribution in [2.45, 2.75) is 18.3 Å². The summed E-state index contributed by atoms with van der Waals surface area (Å²) in [5.74, 6) is 0.0858. The molecule has 53 heavy (non-hydrogen) atoms. The van der Waals surface area contributed by atoms with Crippen LogP contribution in [-0.2, 0) is 11.8 Å². The van der Waals surface area contributed by atoms with E-state index in [2.05, 4.69) is 169 Å². The lowest BCUT2D eigenvalue weighted by Gasteiger charge is -2.45. The lowest BCUT2D eigenvalue weighted by Crippen LogP contribution is -2.36. The molecule has 0 unspecified atom stereocenters. The zero-order valence-electron chi connectivity index (χ0n) is 29.1. The van der Waals surface area contributed by atoms with Crippen LogP contribution in [0.5, 0.6) is 0 Å². The van der Waals surface area contributed by atoms with Gasteiger partial charge < -0.3 is 10.6 Å². The van der Waals surface area contributed by atoms with Crippen molar-refractivity contribution in [3.8, 4) is 11.1 Å². The zero-order chi connectivity index (χ0) is 35.3. The van der Waals surface area contributed by atoms with Crippen LogP contribution in [0.1, 0.15) is 50.9 Å². The molecule has 8 aromatic carbocycles. The number of nitrogens with zero attached hydrogens (tertiary/aromatic N) is 1. The Hall–Kier alpha value is -6.71. The van der Waals surface area contributed by atoms with Crippen molar-refractivity contribution < 1.29 is 0 Å². The molecule has 0 bridgehead atoms. The number of amidine groups is 1. The Morgan fingerprint density at radius 1 is 0.547 bits per heavy atom. The fourth-order valence-corrected chi connectivity index (χ4v) is 9.89. The van der Waals surface area contributed by atoms with Gasteiger partial charge in [0.05, 0.1) is 16.8 Å². The summed E-state index contributed by atoms with van der Waals surface area (Å²) in [4.78, 5) is 2.40. The van der Waals surface area contributed by atoms with E-state index in [0.717, 1.165) is 46.6 Å². The zero-order valence-corrected chi connectivity index (χ0v) is 29.1. The average molecular weight is 678 g/mol. The van der Waals surface area contributed by atoms with Crippen molar-refractivity contribution in [1.82, 2.24) is 0 Å². The molecule has 1 spiro atoms. The van der Waals surface area contributed by atoms with E-state index in [1.165, 1.54) is 66.1 Å². The van der Waals surface area contributed by atoms with Crippen LogP contribution in [0.15, 0.2) is 164 Å². The first-order valence-electron chi connectivity index (χ1n) is 18.4. The Morgan fingerprint density at radius 2 is 1.15 bits per heavy atom. The van der Waals surface area contributed by atoms with Crippen molar-refractivity contribution in [3.63, 3.8) is 0 Å². The number of allylic oxidation sites excluding steroid dienone is 1. The molecule has 3 N–H and O–H groups in total. The number of fused-ring (bicyclic) bond motifs is 15. The second-order valence-electron chi connectivity index (χ2n) is 14.5. The van der Waals surface area contributed by atoms with Crippen LogP contribution >= 0.6 is 0 Å². The van der Waals surface area contributed by atoms with E-state index in [4.69, 9.17) is 11.1 Å². The number of nitrogens with one attached hydrogen (secondary N) is 1. The molecule has 2 aliphatic carbocycles. The number of anilines is 3. The molecule has 0 amide bonds. The summed E-state index contributed by atoms with van der Waals surface area (Å²) in [6, 6.07) is 59.5. The SMILES string of the molecule is N=C(N)c1cccc2c1-c1cc(C3=Cc4c(c5ccccc5c5ccccc45)CC3)ccc1C21c2ccccc2N(c2ccccc2)c2ccccc21. The highest BCUT2D eigenvalue weighted by atomic mass is 15.2. The second-order valence-corrected chi connectivity index (χ2v) is 14.5. The van der Waals surface area contributed by atoms with E-state index in [1.54, 1.807) is 0 Å². The third kappa shape index (κ3) is 4.02. The molecule has 250 valence electrons. The van der Waals surface area contributed by atoms with Crippen LogP contribution in [0.25, 0.3) is 44.3 Å². The van der Waals surface area contributed by atoms with Crippen molar-refractivity contribution in [3.05, 3.63) is 208 Å². The van der Waals surface area contributed by atoms with E-state index in [9.17, 15) is 0 Å². The number of nitrogens with two attached hydrogens (primary N) is 1. The van der Waals surface area contributed by atoms with Gasteiger partial charge in [0.25, 0.3) is 0 Å². The highest BCUT2D eigenvalue weighted by Gasteiger charge is 2.52. The van der Waals surface area contributed by atoms with E-state index >= 15 is 0 Å². The third-order valence-electron chi connectivity index (χ3n) is 12.0. The minimum absolute atomic E-state index is 0.0858. The Balaban J connectivity index is 1.19. The highest BCUT2D eigenvalue weighted by Crippen LogP contribution is 2.64. The Kier molecular flexibility index (Phi) is 6.30. The number of hydrogen-bond acceptors (Lipinski definition) is 2. The summed E-state index contributed by atoms with van der Waals surface area (Å²) in [6.45, 7) is 0. The summed E-state index contributed by atoms with van der Waals surface area (Å²) >= 11 is 0. The smallest absolute Gasteiger partial charge is 0.123 e. The molecule has 0 aromatic heterocycles. The summed E-state index contributed by atoms with van der Waals surface area (Å²) < 4.78 is 0. The van der Waals surface area contributed by atoms with Gasteiger partial charge in [0.1, 0.15) is 5.84 Å². The summed E-state index contributed by atoms with van der Waals surface area (Å²) in [5.41, 5.74) is 22.4. The minimum Gasteiger partial charge on any atom is -0.384 e. The van der Waals surface area contributed by atoms with Gasteiger partial charge >= 0.3 is 0 Å². The number of benzene rings is 8. The Morgan fingerprint density at radius 3 is 1.87 bits per heavy atom. The first kappa shape index (κ1) is 30.0. The Bertz CT molecular complexity index is 2830. The molecule has 0 fully saturated rings. The maximum Gasteiger partial charge on any atom is 0.123 e. The van der Waals surface area contributed by atoms with Gasteiger partial charge in [0, 0.05) is 11.3 Å². The first-order valence-corrected chi connectivity index (χ1v) is 18.4. The number of nitrogen functional groups attached to an aromatic ring is 1. The van der Waals surface area contributed by atoms with Crippen LogP contribution in [0.3, 0.4) is 0 Å². The first-order chi connectivity index (χ1) is 26.1. The fraction of sp³-hybridized carbons (Fsp3) is 0.0600. The normalized spacial score (nSPS) is 14.6. The molecule has 0 saturated carbocycles. The van der Waals surface area contributed by atoms with Crippen LogP contribution in [-0.4, -0.2) is 5.84 Å². The lowest BCUT2D eigenvalue weighted by atomic mass is 9.64. The predicted molar refractivity (Wildman–Crippen MR) is 221 cm³/mol. The second kappa shape index (κ2) is 11.1. The van der Waals surface area contributed by atoms with Crippen molar-refractivity contribution in [1.29, 1.82) is 5.41 Å². The minimum atomic E-state index is -0.601. The van der Waals surface area contributed by atoms with Crippen molar-refractivity contribution in [2.24, 2.45) is 5.73 Å². The van der Waals surface area contributed by atoms with E-state index in [1.807, 2.05) is 6.07 Å². The molecule has 3 aliphatic rings. The van der Waals surface area contributed by atoms with E-state index < -0.39 is 5.41 Å². The van der Waals surface area contributed by atoms with Gasteiger partial charge in [-0.05, 0) is 120 Å². The molecule has 3 nitrogen and oxygen atoms in total. The molecule has 11 rings (SSSR count). The van der Waals surface area contributed by atoms with Crippen molar-refractivity contribution in [2.75, 3.05) is 4.90 Å². The molecule has 0 atom stereocenters. The molecule has 0 radical (unpaired) electrons. The van der Waals surface area contributed by atoms with Crippen LogP contribution in [0, 0.1) is 5.41 Å². The van der Waals surface area contributed by atoms with Gasteiger partial charge in [-0.2, -0.15) is 0 Å². The van der Waals surface area contributed by atoms with Gasteiger partial charge in [-0.3, -0.25) is 5.41 Å². The third-order valence-corrected chi connectivity index (χ3v) is 12.0. The maximum absolute atomic E-state index is 8.81. The molecule has 1 heterocycles. The molecule has 0 saturated heterocycles. The number of rotatable bonds is 3. The van der Waals surface area contributed by atoms with Crippen LogP contribution in [0.4, 0.5) is 17.1 Å². The van der Waals surface area contributed by atoms with Crippen LogP contribution < -0.4 is 10.6 Å². The fourth-order valence-electron chi connectivity index (χ4n) is 9.89. The predicted octanol–water partition coefficient (Wildman–Crippen LogP) is 11.9. The molecule has 3 heteroatoms. The number of aryl methyl sites for hydroxylation is 1. The monoisotopic (exact) mass is 677 g/mol. The lowest BCUT2D eigenvalue weighted by molar-refractivity contribution is 0.752. The summed E-state index contributed by atoms with van der Waals surface area (Å²) in [5, 5.41) is 14.1. The van der Waals surface area contributed by atoms with Crippen molar-refractivity contribution >= 4 is 56.1 Å². The topological polar surface area (TPSA) is 53.1 Å². The maximum atomic E-state index is 8.81. The van der Waals surface area contributed by atoms with Gasteiger partial charge in [-0.1, -0.05) is 140 Å². The van der Waals surface area contributed by atoms with Gasteiger partial charge in [-0.25, -0.2) is 0 Å². The van der Waals surface area contributed by atoms with E-state index in [0.29, 0.717) is 0 Å². The largest absolute Gasteiger partial charge is 0.384 e. The van der Waals surface area contributed by atoms with Gasteiger partial charge in [0.15, 0.2) is 0 Å². The van der Waals surface area contributed by atoms with E-state index in [-0.39, 0.29) is 5.84 Å². The van der Waals surface area contributed by atoms with Gasteiger partial charge in [0.2, 0.25) is 0 Å². The van der Waals surface area contributed by atoms with Crippen LogP contribution in [0.2, 0.25) is 0 Å². The molecule has 8 aromatic rings. The quantitative estimate of drug-likeness (QED) is 0.111. The average Bonchev–Trinajstić information content (AvgIpc) is 3.51. The number of para-hydroxylation sites is 3. The molecular weight excluding hydrogens is 643 g/mol. The molecular formula is C50H35N3. The number of hydrogen-bond donors (Lipinski definition) is 2. The standard InChI is InChI=1S/C50H35N3/c51-49(52)39-19-12-22-45-48(39)41-30-32(31-25-27-38-36-17-5-4-15-34(36)35-16-6-7-18-37(35)40(38)29-31)26-28-42(41)50(45)43-20-8-10-23-46(43)53(33-13-2-1-3-14-33)47-24-11-9-21-44(47)50/h1-24,26,28-30H,25,27H2,(H3,51,52). The van der Waals surface area contributed by atoms with Gasteiger partial charge in [-0.15, -0.1) is 0 Å². The molecule has 1 aliphatic heterocycles. The summed E-state index contributed by atoms with van der Waals surface area (Å²) in [7, 11) is 0. The summed E-state index contributed by atoms with van der Waals surface area (Å²) in [6.07, 6.45) is 4.39. The Labute approximate surface area is 308 Å².